The minimum absolute atomic E-state index is 0.377. The highest BCUT2D eigenvalue weighted by Crippen LogP contribution is 2.21. The highest BCUT2D eigenvalue weighted by molar-refractivity contribution is 5.93. The van der Waals surface area contributed by atoms with Gasteiger partial charge in [-0.1, -0.05) is 17.9 Å². The van der Waals surface area contributed by atoms with Gasteiger partial charge in [-0.15, -0.1) is 5.10 Å². The summed E-state index contributed by atoms with van der Waals surface area (Å²) in [6.07, 6.45) is 3.19. The van der Waals surface area contributed by atoms with Gasteiger partial charge < -0.3 is 4.74 Å². The second kappa shape index (κ2) is 5.16. The van der Waals surface area contributed by atoms with Crippen molar-refractivity contribution in [3.8, 4) is 11.4 Å². The fraction of sp³-hybridized carbons (Fsp3) is 0.0667. The van der Waals surface area contributed by atoms with E-state index in [2.05, 4.69) is 21.9 Å². The molecule has 0 aliphatic rings. The average molecular weight is 280 g/mol. The summed E-state index contributed by atoms with van der Waals surface area (Å²) in [4.78, 5) is 16.1. The number of fused-ring (bicyclic) bond motifs is 1. The maximum atomic E-state index is 11.7. The third-order valence-corrected chi connectivity index (χ3v) is 3.11. The van der Waals surface area contributed by atoms with E-state index < -0.39 is 5.97 Å². The van der Waals surface area contributed by atoms with Gasteiger partial charge >= 0.3 is 5.97 Å². The van der Waals surface area contributed by atoms with Gasteiger partial charge in [0.1, 0.15) is 0 Å². The molecule has 0 unspecified atom stereocenters. The van der Waals surface area contributed by atoms with E-state index in [1.807, 2.05) is 18.2 Å². The fourth-order valence-electron chi connectivity index (χ4n) is 2.10. The second-order valence-electron chi connectivity index (χ2n) is 4.31. The Kier molecular flexibility index (Phi) is 3.19. The molecule has 0 spiro atoms. The summed E-state index contributed by atoms with van der Waals surface area (Å²) >= 11 is 0. The Morgan fingerprint density at radius 2 is 2.19 bits per heavy atom. The number of carbonyl (C=O) groups is 1. The molecule has 3 aromatic heterocycles. The molecule has 0 saturated heterocycles. The van der Waals surface area contributed by atoms with Crippen LogP contribution in [-0.2, 0) is 4.74 Å². The summed E-state index contributed by atoms with van der Waals surface area (Å²) in [5.74, 6) is -0.442. The van der Waals surface area contributed by atoms with Gasteiger partial charge in [0.2, 0.25) is 0 Å². The molecule has 0 amide bonds. The van der Waals surface area contributed by atoms with E-state index in [-0.39, 0.29) is 0 Å². The predicted molar refractivity (Wildman–Crippen MR) is 77.6 cm³/mol. The minimum Gasteiger partial charge on any atom is -0.465 e. The van der Waals surface area contributed by atoms with Crippen molar-refractivity contribution in [2.75, 3.05) is 7.11 Å². The average Bonchev–Trinajstić information content (AvgIpc) is 3.02. The molecular weight excluding hydrogens is 268 g/mol. The quantitative estimate of drug-likeness (QED) is 0.688. The van der Waals surface area contributed by atoms with Crippen LogP contribution in [0.25, 0.3) is 23.0 Å². The van der Waals surface area contributed by atoms with Crippen LogP contribution in [-0.4, -0.2) is 32.9 Å². The SMILES string of the molecule is C=Cc1nc(-c2cccc3cnnn23)ccc1C(=O)OC. The molecule has 104 valence electrons. The van der Waals surface area contributed by atoms with Gasteiger partial charge in [-0.2, -0.15) is 0 Å². The van der Waals surface area contributed by atoms with Crippen molar-refractivity contribution in [3.63, 3.8) is 0 Å². The first kappa shape index (κ1) is 13.0. The molecule has 0 aliphatic carbocycles. The van der Waals surface area contributed by atoms with E-state index in [0.29, 0.717) is 17.0 Å². The molecule has 0 N–H and O–H groups in total. The molecule has 6 heteroatoms. The van der Waals surface area contributed by atoms with Crippen LogP contribution in [0.5, 0.6) is 0 Å². The van der Waals surface area contributed by atoms with Crippen LogP contribution in [0.1, 0.15) is 16.1 Å². The van der Waals surface area contributed by atoms with E-state index in [1.165, 1.54) is 13.2 Å². The summed E-state index contributed by atoms with van der Waals surface area (Å²) in [6, 6.07) is 9.10. The normalized spacial score (nSPS) is 10.5. The Labute approximate surface area is 120 Å². The Balaban J connectivity index is 2.18. The van der Waals surface area contributed by atoms with E-state index in [9.17, 15) is 4.79 Å². The van der Waals surface area contributed by atoms with Crippen LogP contribution in [0.15, 0.2) is 43.1 Å². The number of carbonyl (C=O) groups excluding carboxylic acids is 1. The van der Waals surface area contributed by atoms with Crippen LogP contribution in [0.4, 0.5) is 0 Å². The van der Waals surface area contributed by atoms with Crippen molar-refractivity contribution in [1.29, 1.82) is 0 Å². The zero-order valence-electron chi connectivity index (χ0n) is 11.4. The third-order valence-electron chi connectivity index (χ3n) is 3.11. The molecule has 6 nitrogen and oxygen atoms in total. The summed E-state index contributed by atoms with van der Waals surface area (Å²) in [5.41, 5.74) is 3.17. The molecule has 0 bridgehead atoms. The van der Waals surface area contributed by atoms with E-state index in [1.54, 1.807) is 22.8 Å². The van der Waals surface area contributed by atoms with Crippen molar-refractivity contribution in [2.24, 2.45) is 0 Å². The van der Waals surface area contributed by atoms with Gasteiger partial charge in [-0.3, -0.25) is 0 Å². The van der Waals surface area contributed by atoms with Crippen molar-refractivity contribution >= 4 is 17.6 Å². The first-order chi connectivity index (χ1) is 10.2. The Morgan fingerprint density at radius 1 is 1.33 bits per heavy atom. The number of pyridine rings is 2. The lowest BCUT2D eigenvalue weighted by molar-refractivity contribution is 0.0600. The molecule has 0 atom stereocenters. The van der Waals surface area contributed by atoms with Crippen LogP contribution in [0.3, 0.4) is 0 Å². The molecule has 0 fully saturated rings. The van der Waals surface area contributed by atoms with E-state index in [0.717, 1.165) is 11.2 Å². The topological polar surface area (TPSA) is 69.4 Å². The molecular formula is C15H12N4O2. The summed E-state index contributed by atoms with van der Waals surface area (Å²) in [5, 5.41) is 7.91. The van der Waals surface area contributed by atoms with Gasteiger partial charge in [0.05, 0.1) is 41.5 Å². The number of esters is 1. The second-order valence-corrected chi connectivity index (χ2v) is 4.31. The van der Waals surface area contributed by atoms with Crippen LogP contribution >= 0.6 is 0 Å². The maximum Gasteiger partial charge on any atom is 0.340 e. The molecule has 3 aromatic rings. The number of hydrogen-bond donors (Lipinski definition) is 0. The first-order valence-corrected chi connectivity index (χ1v) is 6.26. The summed E-state index contributed by atoms with van der Waals surface area (Å²) in [6.45, 7) is 3.69. The zero-order chi connectivity index (χ0) is 14.8. The Morgan fingerprint density at radius 3 is 2.95 bits per heavy atom. The molecule has 3 heterocycles. The molecule has 0 aromatic carbocycles. The van der Waals surface area contributed by atoms with Crippen molar-refractivity contribution in [3.05, 3.63) is 54.4 Å². The van der Waals surface area contributed by atoms with Gasteiger partial charge in [0.15, 0.2) is 0 Å². The Hall–Kier alpha value is -3.02. The van der Waals surface area contributed by atoms with Gasteiger partial charge in [0.25, 0.3) is 0 Å². The van der Waals surface area contributed by atoms with Crippen molar-refractivity contribution in [1.82, 2.24) is 19.8 Å². The van der Waals surface area contributed by atoms with E-state index >= 15 is 0 Å². The lowest BCUT2D eigenvalue weighted by Gasteiger charge is -2.07. The summed E-state index contributed by atoms with van der Waals surface area (Å²) < 4.78 is 6.42. The Bertz CT molecular complexity index is 839. The number of aromatic nitrogens is 4. The largest absolute Gasteiger partial charge is 0.465 e. The van der Waals surface area contributed by atoms with Gasteiger partial charge in [-0.05, 0) is 30.3 Å². The highest BCUT2D eigenvalue weighted by Gasteiger charge is 2.14. The van der Waals surface area contributed by atoms with Gasteiger partial charge in [-0.25, -0.2) is 14.3 Å². The highest BCUT2D eigenvalue weighted by atomic mass is 16.5. The molecule has 3 rings (SSSR count). The number of hydrogen-bond acceptors (Lipinski definition) is 5. The van der Waals surface area contributed by atoms with Crippen molar-refractivity contribution < 1.29 is 9.53 Å². The first-order valence-electron chi connectivity index (χ1n) is 6.26. The monoisotopic (exact) mass is 280 g/mol. The molecule has 21 heavy (non-hydrogen) atoms. The van der Waals surface area contributed by atoms with Crippen molar-refractivity contribution in [2.45, 2.75) is 0 Å². The number of ether oxygens (including phenoxy) is 1. The van der Waals surface area contributed by atoms with Crippen LogP contribution in [0.2, 0.25) is 0 Å². The van der Waals surface area contributed by atoms with Gasteiger partial charge in [0, 0.05) is 0 Å². The third kappa shape index (κ3) is 2.16. The molecule has 0 saturated carbocycles. The molecule has 0 radical (unpaired) electrons. The lowest BCUT2D eigenvalue weighted by Crippen LogP contribution is -2.06. The fourth-order valence-corrected chi connectivity index (χ4v) is 2.10. The van der Waals surface area contributed by atoms with Crippen LogP contribution in [0, 0.1) is 0 Å². The smallest absolute Gasteiger partial charge is 0.340 e. The lowest BCUT2D eigenvalue weighted by atomic mass is 10.1. The number of nitrogens with zero attached hydrogens (tertiary/aromatic N) is 4. The summed E-state index contributed by atoms with van der Waals surface area (Å²) in [7, 11) is 1.33. The minimum atomic E-state index is -0.442. The standard InChI is InChI=1S/C15H12N4O2/c1-3-12-11(15(20)21-2)7-8-13(17-12)14-6-4-5-10-9-16-18-19(10)14/h3-9H,1H2,2H3. The molecule has 0 aliphatic heterocycles. The maximum absolute atomic E-state index is 11.7. The number of rotatable bonds is 3. The predicted octanol–water partition coefficient (Wildman–Crippen LogP) is 2.22. The number of methoxy groups -OCH3 is 1. The van der Waals surface area contributed by atoms with E-state index in [4.69, 9.17) is 4.74 Å². The zero-order valence-corrected chi connectivity index (χ0v) is 11.4. The van der Waals surface area contributed by atoms with Crippen LogP contribution < -0.4 is 0 Å².